The Morgan fingerprint density at radius 1 is 0.483 bits per heavy atom. The van der Waals surface area contributed by atoms with Gasteiger partial charge in [0, 0.05) is 25.5 Å². The second-order valence-electron chi connectivity index (χ2n) is 23.7. The third-order valence-electron chi connectivity index (χ3n) is 18.1. The summed E-state index contributed by atoms with van der Waals surface area (Å²) >= 11 is 0. The topological polar surface area (TPSA) is 196 Å². The molecule has 1 unspecified atom stereocenters. The van der Waals surface area contributed by atoms with Crippen molar-refractivity contribution in [3.8, 4) is 0 Å². The van der Waals surface area contributed by atoms with Gasteiger partial charge in [0.15, 0.2) is 0 Å². The smallest absolute Gasteiger partial charge is 0.411 e. The standard InChI is InChI=1S/C65H53F9N4O11/c1-30-22-34(58(88)89-21-11-20-79)25-39(23-30)76-52(82)41-18-14-37(28-46(41)54(76)84)62(64(69,70)71,65(72,73)74)38-15-19-43-47(29-38)57(87)78(56(43)86)60(7,8)59(5,6)48-31(2)24-32(3)49(33(48)4)77-53(83)42-17-13-36(27-45(42)55(77)85)61(9,63(66,67)68)35-12-16-40-44(26-35)51(81)75(10)50(40)80/h12-19,22-29,79H,11,20-21H2,1-10H3. The molecule has 0 aromatic heterocycles. The molecule has 8 amide bonds. The molecule has 24 heteroatoms. The van der Waals surface area contributed by atoms with Crippen LogP contribution in [0.4, 0.5) is 50.9 Å². The fourth-order valence-electron chi connectivity index (χ4n) is 13.0. The van der Waals surface area contributed by atoms with Gasteiger partial charge in [-0.2, -0.15) is 39.5 Å². The van der Waals surface area contributed by atoms with E-state index in [1.807, 2.05) is 0 Å². The lowest BCUT2D eigenvalue weighted by Gasteiger charge is -2.48. The molecular weight excluding hydrogens is 1180 g/mol. The first kappa shape index (κ1) is 62.7. The van der Waals surface area contributed by atoms with E-state index in [0.29, 0.717) is 62.4 Å². The molecule has 462 valence electrons. The van der Waals surface area contributed by atoms with E-state index in [9.17, 15) is 43.2 Å². The van der Waals surface area contributed by atoms with E-state index < -0.39 is 144 Å². The van der Waals surface area contributed by atoms with E-state index in [-0.39, 0.29) is 64.9 Å². The van der Waals surface area contributed by atoms with E-state index >= 15 is 39.5 Å². The summed E-state index contributed by atoms with van der Waals surface area (Å²) in [5.74, 6) is -9.38. The van der Waals surface area contributed by atoms with Crippen LogP contribution in [0.25, 0.3) is 0 Å². The molecule has 4 aliphatic rings. The number of halogens is 9. The molecule has 0 saturated carbocycles. The van der Waals surface area contributed by atoms with Crippen LogP contribution in [-0.4, -0.2) is 112 Å². The lowest BCUT2D eigenvalue weighted by molar-refractivity contribution is -0.288. The minimum absolute atomic E-state index is 0.0307. The number of esters is 1. The molecule has 0 aliphatic carbocycles. The number of rotatable bonds is 13. The fraction of sp³-hybridized carbons (Fsp3) is 0.308. The number of hydrogen-bond acceptors (Lipinski definition) is 11. The molecule has 0 fully saturated rings. The first-order chi connectivity index (χ1) is 41.2. The average Bonchev–Trinajstić information content (AvgIpc) is 1.70. The van der Waals surface area contributed by atoms with Crippen LogP contribution in [0.2, 0.25) is 0 Å². The van der Waals surface area contributed by atoms with E-state index in [0.717, 1.165) is 59.2 Å². The Balaban J connectivity index is 0.992. The van der Waals surface area contributed by atoms with Crippen molar-refractivity contribution in [2.75, 3.05) is 30.1 Å². The van der Waals surface area contributed by atoms with Gasteiger partial charge < -0.3 is 9.84 Å². The van der Waals surface area contributed by atoms with Crippen LogP contribution in [0.5, 0.6) is 0 Å². The maximum Gasteiger partial charge on any atom is 0.411 e. The summed E-state index contributed by atoms with van der Waals surface area (Å²) in [5.41, 5.74) is -18.3. The maximum absolute atomic E-state index is 15.9. The highest BCUT2D eigenvalue weighted by atomic mass is 19.4. The molecule has 6 aromatic carbocycles. The molecule has 1 N–H and O–H groups in total. The summed E-state index contributed by atoms with van der Waals surface area (Å²) in [6, 6.07) is 14.0. The largest absolute Gasteiger partial charge is 0.462 e. The molecule has 4 heterocycles. The summed E-state index contributed by atoms with van der Waals surface area (Å²) in [6.07, 6.45) is -17.6. The number of aryl methyl sites for hydroxylation is 3. The Kier molecular flexibility index (Phi) is 14.5. The van der Waals surface area contributed by atoms with Crippen molar-refractivity contribution >= 4 is 64.6 Å². The van der Waals surface area contributed by atoms with E-state index in [4.69, 9.17) is 9.84 Å². The highest BCUT2D eigenvalue weighted by Gasteiger charge is 2.73. The molecule has 6 aromatic rings. The molecular formula is C65H53F9N4O11. The Bertz CT molecular complexity index is 4210. The summed E-state index contributed by atoms with van der Waals surface area (Å²) in [5, 5.41) is 9.08. The molecule has 1 atom stereocenters. The maximum atomic E-state index is 15.9. The first-order valence-electron chi connectivity index (χ1n) is 27.5. The van der Waals surface area contributed by atoms with Gasteiger partial charge >= 0.3 is 24.5 Å². The van der Waals surface area contributed by atoms with Crippen molar-refractivity contribution in [3.05, 3.63) is 197 Å². The number of amides is 8. The zero-order valence-electron chi connectivity index (χ0n) is 49.1. The van der Waals surface area contributed by atoms with E-state index in [1.165, 1.54) is 46.9 Å². The molecule has 0 radical (unpaired) electrons. The Labute approximate surface area is 501 Å². The quantitative estimate of drug-likeness (QED) is 0.0500. The summed E-state index contributed by atoms with van der Waals surface area (Å²) in [7, 11) is 1.18. The number of carbonyl (C=O) groups excluding carboxylic acids is 9. The SMILES string of the molecule is Cc1cc(C(=O)OCCCO)cc(N2C(=O)c3ccc(C(c4ccc5c(c4)C(=O)N(C(C)(C)C(C)(C)c4c(C)cc(C)c(N6C(=O)c7ccc(C(C)(c8ccc9c(c8)C(=O)N(C)C9=O)C(F)(F)F)cc7C6=O)c4C)C5=O)(C(F)(F)F)C(F)(F)F)cc3C2=O)c1. The molecule has 89 heavy (non-hydrogen) atoms. The van der Waals surface area contributed by atoms with Gasteiger partial charge in [0.05, 0.1) is 73.6 Å². The number of carbonyl (C=O) groups is 9. The van der Waals surface area contributed by atoms with Crippen LogP contribution >= 0.6 is 0 Å². The summed E-state index contributed by atoms with van der Waals surface area (Å²) in [4.78, 5) is 128. The van der Waals surface area contributed by atoms with Gasteiger partial charge in [-0.15, -0.1) is 0 Å². The van der Waals surface area contributed by atoms with E-state index in [2.05, 4.69) is 0 Å². The number of hydrogen-bond donors (Lipinski definition) is 1. The van der Waals surface area contributed by atoms with Crippen molar-refractivity contribution in [1.82, 2.24) is 9.80 Å². The van der Waals surface area contributed by atoms with Crippen molar-refractivity contribution < 1.29 is 92.5 Å². The second kappa shape index (κ2) is 20.6. The van der Waals surface area contributed by atoms with Gasteiger partial charge in [0.1, 0.15) is 5.41 Å². The number of ether oxygens (including phenoxy) is 1. The number of benzene rings is 6. The molecule has 0 saturated heterocycles. The molecule has 4 aliphatic heterocycles. The van der Waals surface area contributed by atoms with Crippen molar-refractivity contribution in [2.24, 2.45) is 0 Å². The van der Waals surface area contributed by atoms with Crippen LogP contribution in [0.3, 0.4) is 0 Å². The molecule has 0 spiro atoms. The summed E-state index contributed by atoms with van der Waals surface area (Å²) < 4.78 is 147. The van der Waals surface area contributed by atoms with Crippen molar-refractivity contribution in [2.45, 2.75) is 109 Å². The van der Waals surface area contributed by atoms with Crippen LogP contribution in [0.15, 0.2) is 97.1 Å². The molecule has 10 rings (SSSR count). The number of imide groups is 4. The number of aliphatic hydroxyl groups excluding tert-OH is 1. The number of aliphatic hydroxyl groups is 1. The van der Waals surface area contributed by atoms with Crippen LogP contribution < -0.4 is 9.80 Å². The Morgan fingerprint density at radius 2 is 0.899 bits per heavy atom. The fourth-order valence-corrected chi connectivity index (χ4v) is 13.0. The second-order valence-corrected chi connectivity index (χ2v) is 23.7. The van der Waals surface area contributed by atoms with Crippen molar-refractivity contribution in [3.63, 3.8) is 0 Å². The average molecular weight is 1240 g/mol. The lowest BCUT2D eigenvalue weighted by Crippen LogP contribution is -2.58. The molecule has 15 nitrogen and oxygen atoms in total. The summed E-state index contributed by atoms with van der Waals surface area (Å²) in [6.45, 7) is 12.4. The zero-order valence-corrected chi connectivity index (χ0v) is 49.1. The van der Waals surface area contributed by atoms with Gasteiger partial charge in [-0.25, -0.2) is 14.6 Å². The normalized spacial score (nSPS) is 16.2. The predicted octanol–water partition coefficient (Wildman–Crippen LogP) is 11.9. The van der Waals surface area contributed by atoms with Crippen molar-refractivity contribution in [1.29, 1.82) is 0 Å². The predicted molar refractivity (Wildman–Crippen MR) is 301 cm³/mol. The monoisotopic (exact) mass is 1240 g/mol. The number of fused-ring (bicyclic) bond motifs is 4. The van der Waals surface area contributed by atoms with Crippen LogP contribution in [0, 0.1) is 27.7 Å². The third kappa shape index (κ3) is 8.92. The highest BCUT2D eigenvalue weighted by molar-refractivity contribution is 6.36. The minimum atomic E-state index is -6.32. The Hall–Kier alpha value is -9.32. The number of nitrogens with zero attached hydrogens (tertiary/aromatic N) is 4. The number of anilines is 2. The van der Waals surface area contributed by atoms with Gasteiger partial charge in [-0.05, 0) is 165 Å². The minimum Gasteiger partial charge on any atom is -0.462 e. The van der Waals surface area contributed by atoms with E-state index in [1.54, 1.807) is 33.8 Å². The lowest BCUT2D eigenvalue weighted by atomic mass is 9.65. The third-order valence-corrected chi connectivity index (χ3v) is 18.1. The van der Waals surface area contributed by atoms with Gasteiger partial charge in [0.2, 0.25) is 5.41 Å². The Morgan fingerprint density at radius 3 is 1.40 bits per heavy atom. The number of alkyl halides is 9. The van der Waals surface area contributed by atoms with Crippen LogP contribution in [0.1, 0.15) is 184 Å². The highest BCUT2D eigenvalue weighted by Crippen LogP contribution is 2.58. The van der Waals surface area contributed by atoms with Gasteiger partial charge in [-0.1, -0.05) is 44.2 Å². The van der Waals surface area contributed by atoms with Crippen LogP contribution in [-0.2, 0) is 21.0 Å². The first-order valence-corrected chi connectivity index (χ1v) is 27.5. The van der Waals surface area contributed by atoms with Gasteiger partial charge in [-0.3, -0.25) is 48.2 Å². The van der Waals surface area contributed by atoms with Gasteiger partial charge in [0.25, 0.3) is 47.3 Å². The molecule has 0 bridgehead atoms. The zero-order chi connectivity index (χ0) is 65.7.